The van der Waals surface area contributed by atoms with Crippen molar-refractivity contribution >= 4 is 0 Å². The van der Waals surface area contributed by atoms with Crippen LogP contribution in [0.1, 0.15) is 18.1 Å². The summed E-state index contributed by atoms with van der Waals surface area (Å²) in [5.41, 5.74) is 3.12. The van der Waals surface area contributed by atoms with Crippen LogP contribution < -0.4 is 5.32 Å². The molecule has 0 heterocycles. The minimum atomic E-state index is 0.812. The smallest absolute Gasteiger partial charge is 0.0940 e. The predicted octanol–water partition coefficient (Wildman–Crippen LogP) is 0.737. The molecule has 0 unspecified atom stereocenters. The summed E-state index contributed by atoms with van der Waals surface area (Å²) in [6.45, 7) is 3.43. The van der Waals surface area contributed by atoms with Crippen LogP contribution in [0.4, 0.5) is 0 Å². The van der Waals surface area contributed by atoms with Gasteiger partial charge < -0.3 is 5.32 Å². The number of rotatable bonds is 2. The highest BCUT2D eigenvalue weighted by atomic mass is 14.9. The lowest BCUT2D eigenvalue weighted by Gasteiger charge is -2.04. The third kappa shape index (κ3) is 1.37. The highest BCUT2D eigenvalue weighted by molar-refractivity contribution is 5.32. The van der Waals surface area contributed by atoms with Crippen molar-refractivity contribution in [2.45, 2.75) is 25.8 Å². The number of nitrogens with two attached hydrogens (primary N) is 1. The first-order chi connectivity index (χ1) is 5.90. The lowest BCUT2D eigenvalue weighted by atomic mass is 10.1. The Bertz CT molecular complexity index is 242. The summed E-state index contributed by atoms with van der Waals surface area (Å²) in [7, 11) is 0. The minimum Gasteiger partial charge on any atom is -0.344 e. The van der Waals surface area contributed by atoms with Gasteiger partial charge in [0, 0.05) is 12.8 Å². The third-order valence-electron chi connectivity index (χ3n) is 2.65. The average molecular weight is 162 g/mol. The molecule has 0 fully saturated rings. The summed E-state index contributed by atoms with van der Waals surface area (Å²) in [6.07, 6.45) is 2.54. The van der Waals surface area contributed by atoms with E-state index in [9.17, 15) is 0 Å². The number of benzene rings is 1. The first-order valence-corrected chi connectivity index (χ1v) is 4.80. The molecule has 12 heavy (non-hydrogen) atoms. The molecule has 0 saturated heterocycles. The highest BCUT2D eigenvalue weighted by Gasteiger charge is 2.22. The first-order valence-electron chi connectivity index (χ1n) is 4.80. The van der Waals surface area contributed by atoms with Crippen molar-refractivity contribution in [1.29, 1.82) is 0 Å². The molecule has 1 nitrogen and oxygen atoms in total. The SMILES string of the molecule is CC[NH2+]C1Cc2ccccc2C1. The van der Waals surface area contributed by atoms with E-state index in [1.54, 1.807) is 11.1 Å². The van der Waals surface area contributed by atoms with E-state index in [1.165, 1.54) is 19.4 Å². The zero-order valence-corrected chi connectivity index (χ0v) is 7.59. The van der Waals surface area contributed by atoms with Gasteiger partial charge in [-0.25, -0.2) is 0 Å². The second-order valence-electron chi connectivity index (χ2n) is 3.58. The van der Waals surface area contributed by atoms with Gasteiger partial charge in [-0.2, -0.15) is 0 Å². The van der Waals surface area contributed by atoms with Crippen LogP contribution in [0, 0.1) is 0 Å². The summed E-state index contributed by atoms with van der Waals surface area (Å²) < 4.78 is 0. The Balaban J connectivity index is 2.11. The molecule has 1 aliphatic carbocycles. The first kappa shape index (κ1) is 7.81. The van der Waals surface area contributed by atoms with E-state index in [2.05, 4.69) is 36.5 Å². The maximum absolute atomic E-state index is 2.44. The molecule has 0 saturated carbocycles. The number of likely N-dealkylation sites (N-methyl/N-ethyl adjacent to an activating group) is 1. The highest BCUT2D eigenvalue weighted by Crippen LogP contribution is 2.19. The van der Waals surface area contributed by atoms with Gasteiger partial charge in [0.05, 0.1) is 12.6 Å². The summed E-state index contributed by atoms with van der Waals surface area (Å²) in [5.74, 6) is 0. The van der Waals surface area contributed by atoms with Crippen molar-refractivity contribution in [2.75, 3.05) is 6.54 Å². The van der Waals surface area contributed by atoms with Gasteiger partial charge in [0.2, 0.25) is 0 Å². The molecule has 0 aromatic heterocycles. The van der Waals surface area contributed by atoms with Gasteiger partial charge in [0.25, 0.3) is 0 Å². The van der Waals surface area contributed by atoms with Crippen molar-refractivity contribution in [2.24, 2.45) is 0 Å². The fourth-order valence-electron chi connectivity index (χ4n) is 2.09. The molecule has 1 aromatic carbocycles. The van der Waals surface area contributed by atoms with Gasteiger partial charge in [-0.15, -0.1) is 0 Å². The standard InChI is InChI=1S/C11H15N/c1-2-12-11-7-9-5-3-4-6-10(9)8-11/h3-6,11-12H,2,7-8H2,1H3/p+1. The maximum Gasteiger partial charge on any atom is 0.0940 e. The molecule has 0 aliphatic heterocycles. The summed E-state index contributed by atoms with van der Waals surface area (Å²) in [5, 5.41) is 2.44. The van der Waals surface area contributed by atoms with E-state index >= 15 is 0 Å². The normalized spacial score (nSPS) is 16.4. The summed E-state index contributed by atoms with van der Waals surface area (Å²) in [6, 6.07) is 9.63. The van der Waals surface area contributed by atoms with E-state index in [0.29, 0.717) is 0 Å². The molecule has 1 heteroatoms. The van der Waals surface area contributed by atoms with E-state index in [-0.39, 0.29) is 0 Å². The topological polar surface area (TPSA) is 16.6 Å². The van der Waals surface area contributed by atoms with Gasteiger partial charge in [-0.3, -0.25) is 0 Å². The molecule has 2 N–H and O–H groups in total. The van der Waals surface area contributed by atoms with Crippen LogP contribution in [0.5, 0.6) is 0 Å². The van der Waals surface area contributed by atoms with Crippen molar-refractivity contribution in [3.05, 3.63) is 35.4 Å². The Hall–Kier alpha value is -0.820. The molecule has 1 aliphatic rings. The van der Waals surface area contributed by atoms with Crippen LogP contribution in [-0.2, 0) is 12.8 Å². The second kappa shape index (κ2) is 3.28. The molecular weight excluding hydrogens is 146 g/mol. The van der Waals surface area contributed by atoms with Crippen LogP contribution in [0.25, 0.3) is 0 Å². The molecule has 64 valence electrons. The quantitative estimate of drug-likeness (QED) is 0.660. The molecule has 0 spiro atoms. The predicted molar refractivity (Wildman–Crippen MR) is 50.1 cm³/mol. The lowest BCUT2D eigenvalue weighted by Crippen LogP contribution is -2.90. The van der Waals surface area contributed by atoms with Crippen LogP contribution in [0.3, 0.4) is 0 Å². The van der Waals surface area contributed by atoms with Gasteiger partial charge in [-0.1, -0.05) is 24.3 Å². The fraction of sp³-hybridized carbons (Fsp3) is 0.455. The molecule has 1 aromatic rings. The van der Waals surface area contributed by atoms with Crippen LogP contribution in [0.2, 0.25) is 0 Å². The molecule has 0 amide bonds. The summed E-state index contributed by atoms with van der Waals surface area (Å²) in [4.78, 5) is 0. The average Bonchev–Trinajstić information content (AvgIpc) is 2.47. The lowest BCUT2D eigenvalue weighted by molar-refractivity contribution is -0.684. The minimum absolute atomic E-state index is 0.812. The van der Waals surface area contributed by atoms with E-state index in [4.69, 9.17) is 0 Å². The van der Waals surface area contributed by atoms with Crippen molar-refractivity contribution in [3.8, 4) is 0 Å². The molecular formula is C11H16N+. The van der Waals surface area contributed by atoms with E-state index < -0.39 is 0 Å². The van der Waals surface area contributed by atoms with E-state index in [0.717, 1.165) is 6.04 Å². The van der Waals surface area contributed by atoms with Crippen molar-refractivity contribution in [3.63, 3.8) is 0 Å². The second-order valence-corrected chi connectivity index (χ2v) is 3.58. The van der Waals surface area contributed by atoms with Gasteiger partial charge in [-0.05, 0) is 18.1 Å². The Labute approximate surface area is 73.8 Å². The molecule has 0 atom stereocenters. The van der Waals surface area contributed by atoms with Crippen LogP contribution in [0.15, 0.2) is 24.3 Å². The number of hydrogen-bond donors (Lipinski definition) is 1. The van der Waals surface area contributed by atoms with Crippen LogP contribution >= 0.6 is 0 Å². The van der Waals surface area contributed by atoms with Crippen molar-refractivity contribution < 1.29 is 5.32 Å². The zero-order chi connectivity index (χ0) is 8.39. The fourth-order valence-corrected chi connectivity index (χ4v) is 2.09. The third-order valence-corrected chi connectivity index (χ3v) is 2.65. The largest absolute Gasteiger partial charge is 0.344 e. The number of quaternary nitrogens is 1. The van der Waals surface area contributed by atoms with Gasteiger partial charge in [0.1, 0.15) is 0 Å². The number of hydrogen-bond acceptors (Lipinski definition) is 0. The number of fused-ring (bicyclic) bond motifs is 1. The Morgan fingerprint density at radius 3 is 2.33 bits per heavy atom. The summed E-state index contributed by atoms with van der Waals surface area (Å²) >= 11 is 0. The molecule has 0 bridgehead atoms. The maximum atomic E-state index is 2.44. The Morgan fingerprint density at radius 2 is 1.83 bits per heavy atom. The van der Waals surface area contributed by atoms with Gasteiger partial charge >= 0.3 is 0 Å². The molecule has 2 rings (SSSR count). The van der Waals surface area contributed by atoms with Crippen molar-refractivity contribution in [1.82, 2.24) is 0 Å². The van der Waals surface area contributed by atoms with E-state index in [1.807, 2.05) is 0 Å². The Kier molecular flexibility index (Phi) is 2.13. The van der Waals surface area contributed by atoms with Crippen LogP contribution in [-0.4, -0.2) is 12.6 Å². The van der Waals surface area contributed by atoms with Gasteiger partial charge in [0.15, 0.2) is 0 Å². The monoisotopic (exact) mass is 162 g/mol. The Morgan fingerprint density at radius 1 is 1.25 bits per heavy atom. The molecule has 0 radical (unpaired) electrons. The zero-order valence-electron chi connectivity index (χ0n) is 7.59.